The van der Waals surface area contributed by atoms with E-state index in [9.17, 15) is 19.2 Å². The summed E-state index contributed by atoms with van der Waals surface area (Å²) >= 11 is 0. The predicted octanol–water partition coefficient (Wildman–Crippen LogP) is 3.72. The molecule has 5 aromatic rings. The van der Waals surface area contributed by atoms with Crippen molar-refractivity contribution in [3.63, 3.8) is 0 Å². The largest absolute Gasteiger partial charge is 0.491 e. The van der Waals surface area contributed by atoms with Gasteiger partial charge in [-0.1, -0.05) is 36.4 Å². The summed E-state index contributed by atoms with van der Waals surface area (Å²) < 4.78 is 7.22. The quantitative estimate of drug-likeness (QED) is 0.0405. The lowest BCUT2D eigenvalue weighted by molar-refractivity contribution is -0.124. The lowest BCUT2D eigenvalue weighted by Gasteiger charge is -2.06. The molecule has 0 unspecified atom stereocenters. The second-order valence-corrected chi connectivity index (χ2v) is 11.4. The standard InChI is InChI=1S/C39H35N7O8/c1-46-25-31(24-41-43-39(51)30-9-2-5-26(19-30)11-15-36(48)44-52)34-14-13-33(22-35(34)46)54-45-37(49)16-12-27-6-3-8-29(20-27)38(50)42-40-23-28-7-4-10-32(21-28)53-18-17-47/h2-16,19-25,47,52H,17-18H2,1H3,(H,42,50)(H,43,51)(H,44,48)(H,45,49)/b15-11+,16-12+,40-23+,41-24+. The molecule has 54 heavy (non-hydrogen) atoms. The maximum absolute atomic E-state index is 12.7. The number of aliphatic hydroxyl groups excluding tert-OH is 1. The van der Waals surface area contributed by atoms with Gasteiger partial charge in [-0.2, -0.15) is 15.7 Å². The van der Waals surface area contributed by atoms with Crippen LogP contribution in [0.2, 0.25) is 0 Å². The van der Waals surface area contributed by atoms with Crippen LogP contribution in [0.15, 0.2) is 120 Å². The summed E-state index contributed by atoms with van der Waals surface area (Å²) in [5.41, 5.74) is 12.9. The number of fused-ring (bicyclic) bond motifs is 1. The molecule has 0 aliphatic heterocycles. The molecule has 1 heterocycles. The summed E-state index contributed by atoms with van der Waals surface area (Å²) in [6, 6.07) is 25.4. The first-order valence-electron chi connectivity index (χ1n) is 16.3. The van der Waals surface area contributed by atoms with Crippen LogP contribution in [0.5, 0.6) is 11.5 Å². The molecule has 4 amide bonds. The lowest BCUT2D eigenvalue weighted by atomic mass is 10.1. The van der Waals surface area contributed by atoms with Gasteiger partial charge in [0.1, 0.15) is 12.4 Å². The summed E-state index contributed by atoms with van der Waals surface area (Å²) in [4.78, 5) is 54.6. The topological polar surface area (TPSA) is 205 Å². The van der Waals surface area contributed by atoms with E-state index in [1.54, 1.807) is 91.0 Å². The van der Waals surface area contributed by atoms with Gasteiger partial charge in [0.05, 0.1) is 24.6 Å². The number of nitrogens with zero attached hydrogens (tertiary/aromatic N) is 3. The van der Waals surface area contributed by atoms with Crippen molar-refractivity contribution in [2.24, 2.45) is 17.3 Å². The van der Waals surface area contributed by atoms with Crippen LogP contribution in [0.25, 0.3) is 23.1 Å². The molecule has 4 aromatic carbocycles. The fraction of sp³-hybridized carbons (Fsp3) is 0.0769. The van der Waals surface area contributed by atoms with Crippen LogP contribution in [0, 0.1) is 0 Å². The van der Waals surface area contributed by atoms with Gasteiger partial charge in [-0.3, -0.25) is 24.4 Å². The number of benzene rings is 4. The van der Waals surface area contributed by atoms with Crippen LogP contribution < -0.4 is 31.4 Å². The third-order valence-corrected chi connectivity index (χ3v) is 7.49. The zero-order chi connectivity index (χ0) is 38.3. The Morgan fingerprint density at radius 1 is 0.741 bits per heavy atom. The Morgan fingerprint density at radius 3 is 2.04 bits per heavy atom. The van der Waals surface area contributed by atoms with E-state index in [0.717, 1.165) is 22.5 Å². The number of ether oxygens (including phenoxy) is 1. The van der Waals surface area contributed by atoms with E-state index in [0.29, 0.717) is 39.3 Å². The number of carbonyl (C=O) groups is 4. The molecule has 5 rings (SSSR count). The van der Waals surface area contributed by atoms with Crippen molar-refractivity contribution in [1.29, 1.82) is 0 Å². The van der Waals surface area contributed by atoms with E-state index >= 15 is 0 Å². The molecule has 1 aromatic heterocycles. The Kier molecular flexibility index (Phi) is 13.2. The average molecular weight is 730 g/mol. The number of aryl methyl sites for hydroxylation is 1. The Labute approximate surface area is 308 Å². The molecule has 0 aliphatic carbocycles. The third-order valence-electron chi connectivity index (χ3n) is 7.49. The van der Waals surface area contributed by atoms with Crippen LogP contribution in [0.3, 0.4) is 0 Å². The Balaban J connectivity index is 1.12. The van der Waals surface area contributed by atoms with Crippen molar-refractivity contribution in [1.82, 2.24) is 26.4 Å². The molecule has 274 valence electrons. The van der Waals surface area contributed by atoms with Crippen LogP contribution in [-0.4, -0.2) is 64.2 Å². The molecule has 0 spiro atoms. The minimum absolute atomic E-state index is 0.102. The summed E-state index contributed by atoms with van der Waals surface area (Å²) in [5, 5.41) is 26.4. The summed E-state index contributed by atoms with van der Waals surface area (Å²) in [7, 11) is 1.83. The van der Waals surface area contributed by atoms with Gasteiger partial charge in [0, 0.05) is 53.5 Å². The number of hydrogen-bond donors (Lipinski definition) is 6. The predicted molar refractivity (Wildman–Crippen MR) is 202 cm³/mol. The van der Waals surface area contributed by atoms with E-state index < -0.39 is 23.6 Å². The van der Waals surface area contributed by atoms with Gasteiger partial charge in [0.15, 0.2) is 5.75 Å². The highest BCUT2D eigenvalue weighted by atomic mass is 16.7. The summed E-state index contributed by atoms with van der Waals surface area (Å²) in [6.07, 6.45) is 10.2. The fourth-order valence-corrected chi connectivity index (χ4v) is 4.96. The fourth-order valence-electron chi connectivity index (χ4n) is 4.96. The number of hydroxylamine groups is 2. The Bertz CT molecular complexity index is 2280. The van der Waals surface area contributed by atoms with Gasteiger partial charge in [-0.15, -0.1) is 0 Å². The molecule has 6 N–H and O–H groups in total. The van der Waals surface area contributed by atoms with Crippen molar-refractivity contribution >= 4 is 59.1 Å². The smallest absolute Gasteiger partial charge is 0.276 e. The molecule has 0 bridgehead atoms. The van der Waals surface area contributed by atoms with E-state index in [1.807, 2.05) is 17.8 Å². The van der Waals surface area contributed by atoms with Crippen LogP contribution in [0.4, 0.5) is 0 Å². The van der Waals surface area contributed by atoms with Gasteiger partial charge in [0.25, 0.3) is 23.6 Å². The molecule has 0 saturated carbocycles. The maximum atomic E-state index is 12.7. The average Bonchev–Trinajstić information content (AvgIpc) is 3.51. The highest BCUT2D eigenvalue weighted by Gasteiger charge is 2.10. The van der Waals surface area contributed by atoms with Crippen molar-refractivity contribution < 1.29 is 39.1 Å². The SMILES string of the molecule is Cn1cc(/C=N/NC(=O)c2cccc(/C=C/C(=O)NO)c2)c2ccc(ONC(=O)/C=C/c3cccc(C(=O)N/N=C/c4cccc(OCCO)c4)c3)cc21. The zero-order valence-corrected chi connectivity index (χ0v) is 28.8. The Morgan fingerprint density at radius 2 is 1.37 bits per heavy atom. The lowest BCUT2D eigenvalue weighted by Crippen LogP contribution is -2.24. The van der Waals surface area contributed by atoms with Crippen molar-refractivity contribution in [3.8, 4) is 11.5 Å². The van der Waals surface area contributed by atoms with Gasteiger partial charge in [0.2, 0.25) is 0 Å². The number of carbonyl (C=O) groups excluding carboxylic acids is 4. The molecule has 0 radical (unpaired) electrons. The molecule has 15 heteroatoms. The normalized spacial score (nSPS) is 11.4. The Hall–Kier alpha value is -7.36. The minimum Gasteiger partial charge on any atom is -0.491 e. The van der Waals surface area contributed by atoms with Crippen molar-refractivity contribution in [2.45, 2.75) is 0 Å². The van der Waals surface area contributed by atoms with Gasteiger partial charge in [-0.05, 0) is 77.4 Å². The number of aromatic nitrogens is 1. The monoisotopic (exact) mass is 729 g/mol. The summed E-state index contributed by atoms with van der Waals surface area (Å²) in [5.74, 6) is -1.20. The molecule has 15 nitrogen and oxygen atoms in total. The first-order chi connectivity index (χ1) is 26.2. The number of nitrogens with one attached hydrogen (secondary N) is 4. The van der Waals surface area contributed by atoms with E-state index in [2.05, 4.69) is 26.5 Å². The highest BCUT2D eigenvalue weighted by Crippen LogP contribution is 2.24. The number of rotatable bonds is 15. The number of amides is 4. The first-order valence-corrected chi connectivity index (χ1v) is 16.3. The second kappa shape index (κ2) is 18.8. The number of hydrogen-bond acceptors (Lipinski definition) is 10. The number of aliphatic hydroxyl groups is 1. The van der Waals surface area contributed by atoms with E-state index in [4.69, 9.17) is 19.9 Å². The minimum atomic E-state index is -0.695. The van der Waals surface area contributed by atoms with Gasteiger partial charge < -0.3 is 19.2 Å². The van der Waals surface area contributed by atoms with Crippen molar-refractivity contribution in [2.75, 3.05) is 13.2 Å². The van der Waals surface area contributed by atoms with Crippen molar-refractivity contribution in [3.05, 3.63) is 143 Å². The molecular formula is C39H35N7O8. The third kappa shape index (κ3) is 10.8. The zero-order valence-electron chi connectivity index (χ0n) is 28.8. The molecule has 0 atom stereocenters. The number of hydrazone groups is 2. The molecule has 0 saturated heterocycles. The molecular weight excluding hydrogens is 694 g/mol. The maximum Gasteiger partial charge on any atom is 0.276 e. The second-order valence-electron chi connectivity index (χ2n) is 11.4. The summed E-state index contributed by atoms with van der Waals surface area (Å²) in [6.45, 7) is 0.0679. The van der Waals surface area contributed by atoms with Gasteiger partial charge in [-0.25, -0.2) is 16.3 Å². The molecule has 0 aliphatic rings. The van der Waals surface area contributed by atoms with E-state index in [-0.39, 0.29) is 13.2 Å². The molecule has 0 fully saturated rings. The van der Waals surface area contributed by atoms with E-state index in [1.165, 1.54) is 36.1 Å². The van der Waals surface area contributed by atoms with Gasteiger partial charge >= 0.3 is 0 Å². The first kappa shape index (κ1) is 37.9. The van der Waals surface area contributed by atoms with Crippen LogP contribution in [0.1, 0.15) is 43.0 Å². The van der Waals surface area contributed by atoms with Crippen LogP contribution in [-0.2, 0) is 16.6 Å². The highest BCUT2D eigenvalue weighted by molar-refractivity contribution is 6.01. The van der Waals surface area contributed by atoms with Crippen LogP contribution >= 0.6 is 0 Å².